The average molecular weight is 147 g/mol. The molecule has 1 heteroatoms. The first-order valence-corrected chi connectivity index (χ1v) is 4.54. The van der Waals surface area contributed by atoms with E-state index in [1.165, 1.54) is 25.0 Å². The van der Waals surface area contributed by atoms with E-state index in [1.54, 1.807) is 11.1 Å². The molecule has 0 aliphatic heterocycles. The first-order valence-electron chi connectivity index (χ1n) is 4.54. The van der Waals surface area contributed by atoms with Crippen LogP contribution in [0, 0.1) is 6.92 Å². The van der Waals surface area contributed by atoms with Crippen LogP contribution in [-0.4, -0.2) is 4.98 Å². The maximum atomic E-state index is 3.34. The number of H-pyrrole nitrogens is 1. The van der Waals surface area contributed by atoms with Crippen LogP contribution in [0.5, 0.6) is 0 Å². The molecule has 1 saturated carbocycles. The molecule has 11 heavy (non-hydrogen) atoms. The van der Waals surface area contributed by atoms with E-state index in [0.29, 0.717) is 0 Å². The van der Waals surface area contributed by atoms with E-state index in [9.17, 15) is 0 Å². The minimum Gasteiger partial charge on any atom is -0.365 e. The molecule has 1 heterocycles. The standard InChI is InChI=1S/C10H13N/c1-6-10-8-3-2-7(4-8)9(10)5-11-6/h5,7-8,11H,2-4H2,1H3. The van der Waals surface area contributed by atoms with Crippen LogP contribution < -0.4 is 0 Å². The number of nitrogens with one attached hydrogen (secondary N) is 1. The lowest BCUT2D eigenvalue weighted by Crippen LogP contribution is -1.94. The highest BCUT2D eigenvalue weighted by atomic mass is 14.7. The normalized spacial score (nSPS) is 32.8. The van der Waals surface area contributed by atoms with Crippen molar-refractivity contribution in [3.05, 3.63) is 23.0 Å². The second-order valence-electron chi connectivity index (χ2n) is 3.99. The minimum absolute atomic E-state index is 0.917. The largest absolute Gasteiger partial charge is 0.365 e. The Morgan fingerprint density at radius 3 is 3.00 bits per heavy atom. The zero-order valence-corrected chi connectivity index (χ0v) is 6.85. The smallest absolute Gasteiger partial charge is 0.0153 e. The van der Waals surface area contributed by atoms with Gasteiger partial charge < -0.3 is 4.98 Å². The fraction of sp³-hybridized carbons (Fsp3) is 0.600. The van der Waals surface area contributed by atoms with Crippen LogP contribution in [0.3, 0.4) is 0 Å². The van der Waals surface area contributed by atoms with Gasteiger partial charge in [0, 0.05) is 11.9 Å². The third-order valence-electron chi connectivity index (χ3n) is 3.44. The Morgan fingerprint density at radius 1 is 1.36 bits per heavy atom. The highest BCUT2D eigenvalue weighted by Crippen LogP contribution is 2.53. The molecule has 1 aromatic heterocycles. The monoisotopic (exact) mass is 147 g/mol. The SMILES string of the molecule is Cc1[nH]cc2c1C1CCC2C1. The highest BCUT2D eigenvalue weighted by Gasteiger charge is 2.38. The Morgan fingerprint density at radius 2 is 2.18 bits per heavy atom. The Labute approximate surface area is 66.8 Å². The van der Waals surface area contributed by atoms with Crippen molar-refractivity contribution in [1.29, 1.82) is 0 Å². The summed E-state index contributed by atoms with van der Waals surface area (Å²) < 4.78 is 0. The van der Waals surface area contributed by atoms with E-state index in [-0.39, 0.29) is 0 Å². The number of hydrogen-bond donors (Lipinski definition) is 1. The van der Waals surface area contributed by atoms with Crippen molar-refractivity contribution in [3.63, 3.8) is 0 Å². The van der Waals surface area contributed by atoms with E-state index in [1.807, 2.05) is 0 Å². The molecule has 58 valence electrons. The molecular formula is C10H13N. The average Bonchev–Trinajstić information content (AvgIpc) is 2.60. The Kier molecular flexibility index (Phi) is 0.913. The fourth-order valence-corrected chi connectivity index (χ4v) is 2.96. The van der Waals surface area contributed by atoms with Crippen molar-refractivity contribution in [2.75, 3.05) is 0 Å². The molecule has 2 aliphatic rings. The first-order chi connectivity index (χ1) is 5.36. The summed E-state index contributed by atoms with van der Waals surface area (Å²) >= 11 is 0. The lowest BCUT2D eigenvalue weighted by molar-refractivity contribution is 0.719. The van der Waals surface area contributed by atoms with Gasteiger partial charge in [-0.1, -0.05) is 0 Å². The summed E-state index contributed by atoms with van der Waals surface area (Å²) in [4.78, 5) is 3.34. The summed E-state index contributed by atoms with van der Waals surface area (Å²) in [5.74, 6) is 1.83. The summed E-state index contributed by atoms with van der Waals surface area (Å²) in [6, 6.07) is 0. The van der Waals surface area contributed by atoms with Crippen LogP contribution in [0.4, 0.5) is 0 Å². The fourth-order valence-electron chi connectivity index (χ4n) is 2.96. The number of aromatic nitrogens is 1. The number of rotatable bonds is 0. The molecule has 0 radical (unpaired) electrons. The first kappa shape index (κ1) is 5.87. The van der Waals surface area contributed by atoms with Gasteiger partial charge in [-0.3, -0.25) is 0 Å². The van der Waals surface area contributed by atoms with Crippen molar-refractivity contribution in [3.8, 4) is 0 Å². The van der Waals surface area contributed by atoms with Crippen molar-refractivity contribution < 1.29 is 0 Å². The highest BCUT2D eigenvalue weighted by molar-refractivity contribution is 5.43. The van der Waals surface area contributed by atoms with Crippen LogP contribution >= 0.6 is 0 Å². The molecule has 1 nitrogen and oxygen atoms in total. The van der Waals surface area contributed by atoms with Crippen LogP contribution in [0.15, 0.2) is 6.20 Å². The molecule has 0 spiro atoms. The minimum atomic E-state index is 0.917. The van der Waals surface area contributed by atoms with Gasteiger partial charge in [0.1, 0.15) is 0 Å². The molecule has 2 unspecified atom stereocenters. The lowest BCUT2D eigenvalue weighted by atomic mass is 9.94. The molecule has 2 bridgehead atoms. The molecule has 0 saturated heterocycles. The number of hydrogen-bond acceptors (Lipinski definition) is 0. The zero-order chi connectivity index (χ0) is 7.42. The second-order valence-corrected chi connectivity index (χ2v) is 3.99. The Balaban J connectivity index is 2.25. The number of aryl methyl sites for hydroxylation is 1. The quantitative estimate of drug-likeness (QED) is 0.580. The zero-order valence-electron chi connectivity index (χ0n) is 6.85. The molecule has 1 aromatic rings. The summed E-state index contributed by atoms with van der Waals surface area (Å²) in [5, 5.41) is 0. The van der Waals surface area contributed by atoms with Gasteiger partial charge in [-0.25, -0.2) is 0 Å². The predicted octanol–water partition coefficient (Wildman–Crippen LogP) is 2.69. The van der Waals surface area contributed by atoms with Crippen LogP contribution in [0.1, 0.15) is 47.9 Å². The third kappa shape index (κ3) is 0.574. The van der Waals surface area contributed by atoms with Crippen LogP contribution in [0.25, 0.3) is 0 Å². The van der Waals surface area contributed by atoms with E-state index >= 15 is 0 Å². The third-order valence-corrected chi connectivity index (χ3v) is 3.44. The van der Waals surface area contributed by atoms with Crippen molar-refractivity contribution >= 4 is 0 Å². The number of aromatic amines is 1. The maximum absolute atomic E-state index is 3.34. The molecule has 0 aromatic carbocycles. The second kappa shape index (κ2) is 1.71. The van der Waals surface area contributed by atoms with Crippen LogP contribution in [-0.2, 0) is 0 Å². The predicted molar refractivity (Wildman–Crippen MR) is 44.9 cm³/mol. The van der Waals surface area contributed by atoms with Gasteiger partial charge in [0.25, 0.3) is 0 Å². The van der Waals surface area contributed by atoms with E-state index in [4.69, 9.17) is 0 Å². The van der Waals surface area contributed by atoms with Gasteiger partial charge in [-0.2, -0.15) is 0 Å². The molecular weight excluding hydrogens is 134 g/mol. The van der Waals surface area contributed by atoms with Crippen LogP contribution in [0.2, 0.25) is 0 Å². The summed E-state index contributed by atoms with van der Waals surface area (Å²) in [6.07, 6.45) is 6.56. The number of fused-ring (bicyclic) bond motifs is 5. The molecule has 1 N–H and O–H groups in total. The van der Waals surface area contributed by atoms with Crippen molar-refractivity contribution in [2.45, 2.75) is 38.0 Å². The molecule has 2 atom stereocenters. The van der Waals surface area contributed by atoms with E-state index in [2.05, 4.69) is 18.1 Å². The summed E-state index contributed by atoms with van der Waals surface area (Å²) in [7, 11) is 0. The Bertz CT molecular complexity index is 298. The topological polar surface area (TPSA) is 15.8 Å². The molecule has 2 aliphatic carbocycles. The van der Waals surface area contributed by atoms with Gasteiger partial charge in [0.15, 0.2) is 0 Å². The van der Waals surface area contributed by atoms with Crippen molar-refractivity contribution in [2.24, 2.45) is 0 Å². The summed E-state index contributed by atoms with van der Waals surface area (Å²) in [6.45, 7) is 2.21. The van der Waals surface area contributed by atoms with Gasteiger partial charge >= 0.3 is 0 Å². The Hall–Kier alpha value is -0.720. The molecule has 1 fully saturated rings. The lowest BCUT2D eigenvalue weighted by Gasteiger charge is -2.10. The van der Waals surface area contributed by atoms with Gasteiger partial charge in [0.2, 0.25) is 0 Å². The van der Waals surface area contributed by atoms with Gasteiger partial charge in [-0.15, -0.1) is 0 Å². The summed E-state index contributed by atoms with van der Waals surface area (Å²) in [5.41, 5.74) is 4.73. The van der Waals surface area contributed by atoms with Crippen molar-refractivity contribution in [1.82, 2.24) is 4.98 Å². The molecule has 0 amide bonds. The maximum Gasteiger partial charge on any atom is 0.0153 e. The van der Waals surface area contributed by atoms with Gasteiger partial charge in [0.05, 0.1) is 0 Å². The van der Waals surface area contributed by atoms with Gasteiger partial charge in [-0.05, 0) is 49.1 Å². The molecule has 3 rings (SSSR count). The van der Waals surface area contributed by atoms with E-state index < -0.39 is 0 Å². The van der Waals surface area contributed by atoms with E-state index in [0.717, 1.165) is 11.8 Å².